The van der Waals surface area contributed by atoms with E-state index >= 15 is 0 Å². The smallest absolute Gasteiger partial charge is 0.265 e. The van der Waals surface area contributed by atoms with E-state index in [1.54, 1.807) is 13.0 Å². The van der Waals surface area contributed by atoms with Crippen LogP contribution in [0.3, 0.4) is 0 Å². The van der Waals surface area contributed by atoms with Gasteiger partial charge in [0.2, 0.25) is 0 Å². The Morgan fingerprint density at radius 1 is 1.33 bits per heavy atom. The predicted molar refractivity (Wildman–Crippen MR) is 73.9 cm³/mol. The van der Waals surface area contributed by atoms with E-state index in [2.05, 4.69) is 15.9 Å². The Morgan fingerprint density at radius 2 is 2.00 bits per heavy atom. The Balaban J connectivity index is 3.02. The van der Waals surface area contributed by atoms with Gasteiger partial charge in [0.15, 0.2) is 0 Å². The third-order valence-electron chi connectivity index (χ3n) is 2.15. The van der Waals surface area contributed by atoms with Gasteiger partial charge in [0.05, 0.1) is 6.61 Å². The molecule has 0 radical (unpaired) electrons. The summed E-state index contributed by atoms with van der Waals surface area (Å²) in [7, 11) is 1.54. The van der Waals surface area contributed by atoms with Gasteiger partial charge in [-0.1, -0.05) is 15.9 Å². The standard InChI is InChI=1S/C11H14BrClO4S/c1-3-16-4-5-17-11-8(2)6-9(12)7-10(11)18(13,14)15/h6-7H,3-5H2,1-2H3. The summed E-state index contributed by atoms with van der Waals surface area (Å²) in [5, 5.41) is 0. The number of ether oxygens (including phenoxy) is 2. The van der Waals surface area contributed by atoms with Gasteiger partial charge in [0.25, 0.3) is 9.05 Å². The molecule has 0 fully saturated rings. The Kier molecular flexibility index (Phi) is 5.91. The van der Waals surface area contributed by atoms with Crippen molar-refractivity contribution in [1.29, 1.82) is 0 Å². The van der Waals surface area contributed by atoms with Gasteiger partial charge in [0, 0.05) is 21.8 Å². The summed E-state index contributed by atoms with van der Waals surface area (Å²) in [6.07, 6.45) is 0. The van der Waals surface area contributed by atoms with E-state index in [9.17, 15) is 8.42 Å². The largest absolute Gasteiger partial charge is 0.489 e. The lowest BCUT2D eigenvalue weighted by Crippen LogP contribution is -2.09. The number of halogens is 2. The van der Waals surface area contributed by atoms with Gasteiger partial charge in [0.1, 0.15) is 17.3 Å². The second-order valence-corrected chi connectivity index (χ2v) is 6.98. The van der Waals surface area contributed by atoms with Crippen LogP contribution >= 0.6 is 26.6 Å². The summed E-state index contributed by atoms with van der Waals surface area (Å²) in [6.45, 7) is 4.89. The molecule has 0 spiro atoms. The average molecular weight is 358 g/mol. The fourth-order valence-corrected chi connectivity index (χ4v) is 3.19. The maximum absolute atomic E-state index is 11.5. The number of hydrogen-bond acceptors (Lipinski definition) is 4. The SMILES string of the molecule is CCOCCOc1c(C)cc(Br)cc1S(=O)(=O)Cl. The van der Waals surface area contributed by atoms with Gasteiger partial charge in [-0.3, -0.25) is 0 Å². The molecule has 18 heavy (non-hydrogen) atoms. The van der Waals surface area contributed by atoms with Crippen LogP contribution < -0.4 is 4.74 Å². The monoisotopic (exact) mass is 356 g/mol. The summed E-state index contributed by atoms with van der Waals surface area (Å²) in [6, 6.07) is 3.19. The topological polar surface area (TPSA) is 52.6 Å². The third-order valence-corrected chi connectivity index (χ3v) is 3.93. The molecule has 7 heteroatoms. The van der Waals surface area contributed by atoms with Crippen LogP contribution in [0.4, 0.5) is 0 Å². The molecule has 0 saturated carbocycles. The summed E-state index contributed by atoms with van der Waals surface area (Å²) >= 11 is 3.23. The first-order chi connectivity index (χ1) is 8.36. The Hall–Kier alpha value is -0.300. The molecular weight excluding hydrogens is 344 g/mol. The highest BCUT2D eigenvalue weighted by Crippen LogP contribution is 2.33. The minimum absolute atomic E-state index is 0.0347. The molecule has 4 nitrogen and oxygen atoms in total. The summed E-state index contributed by atoms with van der Waals surface area (Å²) < 4.78 is 34.2. The summed E-state index contributed by atoms with van der Waals surface area (Å²) in [4.78, 5) is -0.0347. The highest BCUT2D eigenvalue weighted by molar-refractivity contribution is 9.10. The molecule has 102 valence electrons. The zero-order valence-corrected chi connectivity index (χ0v) is 13.2. The van der Waals surface area contributed by atoms with Crippen LogP contribution in [0, 0.1) is 6.92 Å². The van der Waals surface area contributed by atoms with Crippen molar-refractivity contribution in [2.75, 3.05) is 19.8 Å². The fourth-order valence-electron chi connectivity index (χ4n) is 1.41. The first-order valence-electron chi connectivity index (χ1n) is 5.31. The van der Waals surface area contributed by atoms with Gasteiger partial charge in [-0.15, -0.1) is 0 Å². The second-order valence-electron chi connectivity index (χ2n) is 3.53. The zero-order valence-electron chi connectivity index (χ0n) is 10.1. The molecule has 0 heterocycles. The molecule has 0 saturated heterocycles. The second kappa shape index (κ2) is 6.75. The van der Waals surface area contributed by atoms with Crippen molar-refractivity contribution in [3.63, 3.8) is 0 Å². The molecule has 0 amide bonds. The molecule has 1 aromatic carbocycles. The Labute approximate surface area is 120 Å². The lowest BCUT2D eigenvalue weighted by molar-refractivity contribution is 0.109. The molecule has 1 rings (SSSR count). The minimum Gasteiger partial charge on any atom is -0.489 e. The molecule has 0 N–H and O–H groups in total. The normalized spacial score (nSPS) is 11.6. The van der Waals surface area contributed by atoms with Crippen molar-refractivity contribution in [2.24, 2.45) is 0 Å². The van der Waals surface area contributed by atoms with E-state index in [1.165, 1.54) is 6.07 Å². The van der Waals surface area contributed by atoms with Crippen LogP contribution in [0.15, 0.2) is 21.5 Å². The van der Waals surface area contributed by atoms with Gasteiger partial charge < -0.3 is 9.47 Å². The third kappa shape index (κ3) is 4.42. The Morgan fingerprint density at radius 3 is 2.56 bits per heavy atom. The molecule has 0 bridgehead atoms. The molecule has 0 aromatic heterocycles. The first kappa shape index (κ1) is 15.8. The van der Waals surface area contributed by atoms with Crippen LogP contribution in [0.2, 0.25) is 0 Å². The zero-order chi connectivity index (χ0) is 13.8. The maximum Gasteiger partial charge on any atom is 0.265 e. The Bertz CT molecular complexity index is 516. The highest BCUT2D eigenvalue weighted by atomic mass is 79.9. The van der Waals surface area contributed by atoms with Crippen LogP contribution in [0.5, 0.6) is 5.75 Å². The molecule has 0 aliphatic heterocycles. The van der Waals surface area contributed by atoms with Crippen LogP contribution in [-0.4, -0.2) is 28.2 Å². The molecule has 1 aromatic rings. The van der Waals surface area contributed by atoms with E-state index in [1.807, 2.05) is 6.92 Å². The first-order valence-corrected chi connectivity index (χ1v) is 8.42. The average Bonchev–Trinajstić information content (AvgIpc) is 2.24. The highest BCUT2D eigenvalue weighted by Gasteiger charge is 2.19. The maximum atomic E-state index is 11.5. The predicted octanol–water partition coefficient (Wildman–Crippen LogP) is 3.10. The van der Waals surface area contributed by atoms with Gasteiger partial charge >= 0.3 is 0 Å². The van der Waals surface area contributed by atoms with Crippen molar-refractivity contribution in [2.45, 2.75) is 18.7 Å². The van der Waals surface area contributed by atoms with Crippen LogP contribution in [0.1, 0.15) is 12.5 Å². The molecule has 0 unspecified atom stereocenters. The van der Waals surface area contributed by atoms with E-state index < -0.39 is 9.05 Å². The van der Waals surface area contributed by atoms with E-state index in [-0.39, 0.29) is 17.3 Å². The summed E-state index contributed by atoms with van der Waals surface area (Å²) in [5.74, 6) is 0.271. The summed E-state index contributed by atoms with van der Waals surface area (Å²) in [5.41, 5.74) is 0.695. The van der Waals surface area contributed by atoms with Crippen molar-refractivity contribution in [3.8, 4) is 5.75 Å². The van der Waals surface area contributed by atoms with Crippen LogP contribution in [0.25, 0.3) is 0 Å². The molecule has 0 aliphatic rings. The fraction of sp³-hybridized carbons (Fsp3) is 0.455. The number of hydrogen-bond donors (Lipinski definition) is 0. The number of aryl methyl sites for hydroxylation is 1. The van der Waals surface area contributed by atoms with E-state index in [0.29, 0.717) is 23.2 Å². The molecular formula is C11H14BrClO4S. The van der Waals surface area contributed by atoms with Crippen molar-refractivity contribution in [3.05, 3.63) is 22.2 Å². The quantitative estimate of drug-likeness (QED) is 0.580. The van der Waals surface area contributed by atoms with Crippen molar-refractivity contribution >= 4 is 35.7 Å². The van der Waals surface area contributed by atoms with E-state index in [4.69, 9.17) is 20.2 Å². The van der Waals surface area contributed by atoms with Gasteiger partial charge in [-0.05, 0) is 31.5 Å². The van der Waals surface area contributed by atoms with E-state index in [0.717, 1.165) is 0 Å². The number of rotatable bonds is 6. The van der Waals surface area contributed by atoms with Crippen molar-refractivity contribution < 1.29 is 17.9 Å². The lowest BCUT2D eigenvalue weighted by atomic mass is 10.2. The van der Waals surface area contributed by atoms with Crippen molar-refractivity contribution in [1.82, 2.24) is 0 Å². The molecule has 0 aliphatic carbocycles. The minimum atomic E-state index is -3.84. The van der Waals surface area contributed by atoms with Gasteiger partial charge in [-0.2, -0.15) is 0 Å². The molecule has 0 atom stereocenters. The van der Waals surface area contributed by atoms with Crippen LogP contribution in [-0.2, 0) is 13.8 Å². The number of benzene rings is 1. The van der Waals surface area contributed by atoms with Gasteiger partial charge in [-0.25, -0.2) is 8.42 Å². The lowest BCUT2D eigenvalue weighted by Gasteiger charge is -2.13.